The van der Waals surface area contributed by atoms with E-state index in [1.54, 1.807) is 6.07 Å². The number of halogens is 2. The van der Waals surface area contributed by atoms with Crippen LogP contribution in [0.25, 0.3) is 17.0 Å². The summed E-state index contributed by atoms with van der Waals surface area (Å²) in [4.78, 5) is 27.1. The van der Waals surface area contributed by atoms with Gasteiger partial charge in [-0.15, -0.1) is 0 Å². The van der Waals surface area contributed by atoms with Crippen LogP contribution in [-0.2, 0) is 17.8 Å². The smallest absolute Gasteiger partial charge is 0.293 e. The zero-order valence-electron chi connectivity index (χ0n) is 18.2. The van der Waals surface area contributed by atoms with Gasteiger partial charge in [0.05, 0.1) is 10.4 Å². The molecule has 3 aromatic rings. The van der Waals surface area contributed by atoms with Crippen LogP contribution in [0.1, 0.15) is 37.5 Å². The summed E-state index contributed by atoms with van der Waals surface area (Å²) in [6.07, 6.45) is 4.75. The number of rotatable bonds is 6. The first-order chi connectivity index (χ1) is 15.3. The average Bonchev–Trinajstić information content (AvgIpc) is 3.22. The number of aromatic nitrogens is 1. The summed E-state index contributed by atoms with van der Waals surface area (Å²) in [7, 11) is 0. The van der Waals surface area contributed by atoms with Gasteiger partial charge in [-0.2, -0.15) is 0 Å². The Morgan fingerprint density at radius 1 is 1.09 bits per heavy atom. The Balaban J connectivity index is 1.79. The molecule has 0 N–H and O–H groups in total. The van der Waals surface area contributed by atoms with Gasteiger partial charge >= 0.3 is 0 Å². The van der Waals surface area contributed by atoms with Crippen molar-refractivity contribution in [3.63, 3.8) is 0 Å². The number of nitrogens with zero attached hydrogens (tertiary/aromatic N) is 2. The number of para-hydroxylation sites is 1. The molecule has 7 heteroatoms. The minimum Gasteiger partial charge on any atom is -0.342 e. The van der Waals surface area contributed by atoms with Crippen molar-refractivity contribution in [2.75, 3.05) is 6.54 Å². The van der Waals surface area contributed by atoms with Gasteiger partial charge < -0.3 is 4.57 Å². The first-order valence-corrected chi connectivity index (χ1v) is 12.2. The third kappa shape index (κ3) is 4.47. The van der Waals surface area contributed by atoms with Crippen LogP contribution in [0.4, 0.5) is 4.79 Å². The molecular weight excluding hydrogens is 463 g/mol. The van der Waals surface area contributed by atoms with Gasteiger partial charge in [0.2, 0.25) is 0 Å². The highest BCUT2D eigenvalue weighted by atomic mass is 35.5. The normalized spacial score (nSPS) is 15.7. The van der Waals surface area contributed by atoms with Gasteiger partial charge in [0.15, 0.2) is 0 Å². The summed E-state index contributed by atoms with van der Waals surface area (Å²) in [5.74, 6) is 0.00277. The molecule has 0 aliphatic carbocycles. The number of imide groups is 1. The lowest BCUT2D eigenvalue weighted by Gasteiger charge is -2.14. The number of amides is 2. The van der Waals surface area contributed by atoms with E-state index in [9.17, 15) is 9.59 Å². The summed E-state index contributed by atoms with van der Waals surface area (Å²) in [6.45, 7) is 7.12. The fourth-order valence-electron chi connectivity index (χ4n) is 3.99. The number of hydrogen-bond donors (Lipinski definition) is 0. The lowest BCUT2D eigenvalue weighted by atomic mass is 10.1. The van der Waals surface area contributed by atoms with E-state index in [2.05, 4.69) is 23.6 Å². The lowest BCUT2D eigenvalue weighted by molar-refractivity contribution is -0.123. The molecule has 1 fully saturated rings. The maximum absolute atomic E-state index is 12.9. The monoisotopic (exact) mass is 486 g/mol. The molecule has 2 amide bonds. The van der Waals surface area contributed by atoms with Crippen molar-refractivity contribution in [1.82, 2.24) is 9.47 Å². The molecular formula is C25H24Cl2N2O2S. The highest BCUT2D eigenvalue weighted by Gasteiger charge is 2.35. The molecule has 0 saturated carbocycles. The van der Waals surface area contributed by atoms with Gasteiger partial charge in [-0.3, -0.25) is 14.5 Å². The van der Waals surface area contributed by atoms with Crippen molar-refractivity contribution in [2.24, 2.45) is 5.92 Å². The number of benzene rings is 2. The second kappa shape index (κ2) is 9.34. The molecule has 4 rings (SSSR count). The Labute approximate surface area is 202 Å². The van der Waals surface area contributed by atoms with Gasteiger partial charge in [-0.05, 0) is 53.4 Å². The first-order valence-electron chi connectivity index (χ1n) is 10.6. The fourth-order valence-corrected chi connectivity index (χ4v) is 5.30. The molecule has 1 aliphatic rings. The average molecular weight is 487 g/mol. The predicted octanol–water partition coefficient (Wildman–Crippen LogP) is 7.25. The Kier molecular flexibility index (Phi) is 6.70. The summed E-state index contributed by atoms with van der Waals surface area (Å²) in [6, 6.07) is 11.7. The van der Waals surface area contributed by atoms with Crippen LogP contribution in [0.15, 0.2) is 47.5 Å². The zero-order valence-corrected chi connectivity index (χ0v) is 20.5. The number of carbonyl (C=O) groups excluding carboxylic acids is 2. The molecule has 4 nitrogen and oxygen atoms in total. The number of thioether (sulfide) groups is 1. The minimum atomic E-state index is -0.220. The second-order valence-corrected chi connectivity index (χ2v) is 10.1. The minimum absolute atomic E-state index is 0.208. The van der Waals surface area contributed by atoms with E-state index in [1.807, 2.05) is 44.3 Å². The van der Waals surface area contributed by atoms with Gasteiger partial charge in [0.1, 0.15) is 0 Å². The van der Waals surface area contributed by atoms with Crippen molar-refractivity contribution < 1.29 is 9.59 Å². The molecule has 0 unspecified atom stereocenters. The van der Waals surface area contributed by atoms with Crippen LogP contribution in [0.3, 0.4) is 0 Å². The largest absolute Gasteiger partial charge is 0.342 e. The molecule has 1 saturated heterocycles. The van der Waals surface area contributed by atoms with Gasteiger partial charge in [-0.1, -0.05) is 68.2 Å². The summed E-state index contributed by atoms with van der Waals surface area (Å²) in [5, 5.41) is 2.05. The Bertz CT molecular complexity index is 1250. The third-order valence-corrected chi connectivity index (χ3v) is 6.95. The summed E-state index contributed by atoms with van der Waals surface area (Å²) < 4.78 is 2.16. The Hall–Kier alpha value is -2.21. The van der Waals surface area contributed by atoms with Crippen LogP contribution >= 0.6 is 35.0 Å². The highest BCUT2D eigenvalue weighted by Crippen LogP contribution is 2.35. The lowest BCUT2D eigenvalue weighted by Crippen LogP contribution is -2.31. The van der Waals surface area contributed by atoms with E-state index in [4.69, 9.17) is 23.2 Å². The van der Waals surface area contributed by atoms with E-state index in [1.165, 1.54) is 10.5 Å². The predicted molar refractivity (Wildman–Crippen MR) is 134 cm³/mol. The van der Waals surface area contributed by atoms with Crippen molar-refractivity contribution in [3.05, 3.63) is 74.2 Å². The molecule has 1 aromatic heterocycles. The molecule has 2 aromatic carbocycles. The third-order valence-electron chi connectivity index (χ3n) is 5.46. The first kappa shape index (κ1) is 23.0. The van der Waals surface area contributed by atoms with Gasteiger partial charge in [0, 0.05) is 40.3 Å². The fraction of sp³-hybridized carbons (Fsp3) is 0.280. The maximum atomic E-state index is 12.9. The molecule has 2 heterocycles. The number of carbonyl (C=O) groups is 2. The van der Waals surface area contributed by atoms with E-state index in [-0.39, 0.29) is 17.1 Å². The maximum Gasteiger partial charge on any atom is 0.293 e. The van der Waals surface area contributed by atoms with Crippen LogP contribution in [-0.4, -0.2) is 27.2 Å². The Morgan fingerprint density at radius 3 is 2.56 bits per heavy atom. The van der Waals surface area contributed by atoms with E-state index in [0.717, 1.165) is 40.2 Å². The summed E-state index contributed by atoms with van der Waals surface area (Å²) >= 11 is 13.5. The number of aryl methyl sites for hydroxylation is 1. The molecule has 0 bridgehead atoms. The van der Waals surface area contributed by atoms with Crippen LogP contribution in [0.5, 0.6) is 0 Å². The van der Waals surface area contributed by atoms with Gasteiger partial charge in [0.25, 0.3) is 11.1 Å². The quantitative estimate of drug-likeness (QED) is 0.344. The Morgan fingerprint density at radius 2 is 1.88 bits per heavy atom. The second-order valence-electron chi connectivity index (χ2n) is 8.30. The van der Waals surface area contributed by atoms with E-state index in [0.29, 0.717) is 28.0 Å². The van der Waals surface area contributed by atoms with Crippen LogP contribution in [0, 0.1) is 5.92 Å². The molecule has 1 aliphatic heterocycles. The van der Waals surface area contributed by atoms with Crippen molar-refractivity contribution >= 4 is 63.1 Å². The van der Waals surface area contributed by atoms with Crippen LogP contribution in [0.2, 0.25) is 10.0 Å². The van der Waals surface area contributed by atoms with Gasteiger partial charge in [-0.25, -0.2) is 0 Å². The molecule has 166 valence electrons. The molecule has 32 heavy (non-hydrogen) atoms. The SMILES string of the molecule is CCc1cccc2c(/C=C3\SC(=O)N(CC(C)C)C3=O)cn(Cc3ccc(Cl)cc3Cl)c12. The standard InChI is InChI=1S/C25H24Cl2N2O2S/c1-4-16-6-5-7-20-18(10-22-24(30)29(12-15(2)3)25(31)32-22)14-28(23(16)20)13-17-8-9-19(26)11-21(17)27/h5-11,14-15H,4,12-13H2,1-3H3/b22-10-. The summed E-state index contributed by atoms with van der Waals surface area (Å²) in [5.41, 5.74) is 4.19. The zero-order chi connectivity index (χ0) is 23.0. The highest BCUT2D eigenvalue weighted by molar-refractivity contribution is 8.18. The van der Waals surface area contributed by atoms with Crippen LogP contribution < -0.4 is 0 Å². The molecule has 0 radical (unpaired) electrons. The number of fused-ring (bicyclic) bond motifs is 1. The number of hydrogen-bond acceptors (Lipinski definition) is 3. The van der Waals surface area contributed by atoms with Crippen molar-refractivity contribution in [3.8, 4) is 0 Å². The topological polar surface area (TPSA) is 42.3 Å². The molecule has 0 atom stereocenters. The van der Waals surface area contributed by atoms with Crippen molar-refractivity contribution in [1.29, 1.82) is 0 Å². The molecule has 0 spiro atoms. The van der Waals surface area contributed by atoms with E-state index < -0.39 is 0 Å². The van der Waals surface area contributed by atoms with Crippen molar-refractivity contribution in [2.45, 2.75) is 33.7 Å². The van der Waals surface area contributed by atoms with E-state index >= 15 is 0 Å².